The van der Waals surface area contributed by atoms with Crippen molar-refractivity contribution in [1.82, 2.24) is 15.5 Å². The lowest BCUT2D eigenvalue weighted by atomic mass is 9.89. The lowest BCUT2D eigenvalue weighted by molar-refractivity contribution is -0.268. The number of primary amides is 1. The number of unbranched alkanes of at least 4 members (excludes halogenated alkanes) is 24. The molecule has 14 N–H and O–H groups in total. The zero-order valence-corrected chi connectivity index (χ0v) is 53.2. The summed E-state index contributed by atoms with van der Waals surface area (Å²) in [6.07, 6.45) is 17.1. The molecular weight excluding hydrogens is 1130 g/mol. The molecule has 0 aliphatic carbocycles. The molecule has 4 amide bonds. The summed E-state index contributed by atoms with van der Waals surface area (Å²) in [6, 6.07) is -4.39. The third-order valence-corrected chi connectivity index (χ3v) is 15.4. The number of rotatable bonds is 50. The standard InChI is InChI=1S/C57H105N5O16.C2H8NO3P/c1-7-9-11-13-15-17-19-21-23-25-27-29-31-33-47(67)76-45(39-64)52(78-48(68)34-32-30-28-26-24-22-20-18-16-14-12-10-8-2)57(6,59)56(74)61-43(53(58)70)35-36-46(66)62(41(4)54(71)72)37-40(3)75-51-49(60-42(5)65)55(73)77-44(38-63)50(51)69;3-1-2-6-7(4)5/h40-41,43-45,49-52,55,63-64,69,73H,7-39,59H2,1-6H3,(H2,58,70)(H,60,65)(H,61,74)(H,71,72);7H,1-3H2,(H,4,5)/t40?,41-,43+,44+,45-,49+,50+,51+,52-,55-,57+;/m0./s1. The van der Waals surface area contributed by atoms with Crippen LogP contribution in [0.1, 0.15) is 234 Å². The predicted molar refractivity (Wildman–Crippen MR) is 321 cm³/mol. The number of aliphatic carboxylic acids is 1. The number of carboxylic acids is 1. The van der Waals surface area contributed by atoms with Crippen molar-refractivity contribution >= 4 is 49.8 Å². The van der Waals surface area contributed by atoms with Crippen LogP contribution in [0, 0.1) is 0 Å². The van der Waals surface area contributed by atoms with E-state index in [9.17, 15) is 63.7 Å². The van der Waals surface area contributed by atoms with Crippen LogP contribution in [0.15, 0.2) is 0 Å². The molecule has 1 rings (SSSR count). The Kier molecular flexibility index (Phi) is 46.8. The first kappa shape index (κ1) is 81.1. The van der Waals surface area contributed by atoms with Gasteiger partial charge in [-0.3, -0.25) is 33.3 Å². The molecule has 0 aromatic rings. The van der Waals surface area contributed by atoms with E-state index in [4.69, 9.17) is 41.0 Å². The Balaban J connectivity index is 0.00000942. The van der Waals surface area contributed by atoms with E-state index >= 15 is 0 Å². The van der Waals surface area contributed by atoms with Gasteiger partial charge in [-0.1, -0.05) is 168 Å². The fourth-order valence-corrected chi connectivity index (χ4v) is 10.2. The van der Waals surface area contributed by atoms with Crippen LogP contribution in [0.2, 0.25) is 0 Å². The van der Waals surface area contributed by atoms with Crippen LogP contribution in [-0.4, -0.2) is 176 Å². The van der Waals surface area contributed by atoms with E-state index in [1.165, 1.54) is 117 Å². The minimum Gasteiger partial charge on any atom is -0.480 e. The summed E-state index contributed by atoms with van der Waals surface area (Å²) in [6.45, 7) is 7.85. The summed E-state index contributed by atoms with van der Waals surface area (Å²) in [5.74, 6) is -6.49. The molecular formula is C59H113N6O19P. The second kappa shape index (κ2) is 49.1. The Labute approximate surface area is 506 Å². The smallest absolute Gasteiger partial charge is 0.326 e. The van der Waals surface area contributed by atoms with Crippen LogP contribution >= 0.6 is 8.25 Å². The van der Waals surface area contributed by atoms with Crippen LogP contribution in [0.3, 0.4) is 0 Å². The Bertz CT molecular complexity index is 1870. The van der Waals surface area contributed by atoms with Gasteiger partial charge in [-0.15, -0.1) is 0 Å². The molecule has 12 atom stereocenters. The number of aliphatic hydroxyl groups is 4. The van der Waals surface area contributed by atoms with E-state index in [-0.39, 0.29) is 26.0 Å². The highest BCUT2D eigenvalue weighted by atomic mass is 31.1. The monoisotopic (exact) mass is 1240 g/mol. The number of carbonyl (C=O) groups excluding carboxylic acids is 6. The third kappa shape index (κ3) is 36.9. The highest BCUT2D eigenvalue weighted by molar-refractivity contribution is 7.32. The van der Waals surface area contributed by atoms with Crippen molar-refractivity contribution in [2.45, 2.75) is 301 Å². The maximum atomic E-state index is 14.2. The molecule has 0 spiro atoms. The second-order valence-electron chi connectivity index (χ2n) is 22.7. The number of nitrogens with one attached hydrogen (secondary N) is 2. The minimum absolute atomic E-state index is 0.00392. The van der Waals surface area contributed by atoms with Crippen LogP contribution in [0.25, 0.3) is 0 Å². The fraction of sp³-hybridized carbons (Fsp3) is 0.881. The first-order valence-corrected chi connectivity index (χ1v) is 32.7. The Morgan fingerprint density at radius 2 is 1.16 bits per heavy atom. The van der Waals surface area contributed by atoms with Crippen LogP contribution in [0.4, 0.5) is 0 Å². The molecule has 26 heteroatoms. The van der Waals surface area contributed by atoms with Gasteiger partial charge < -0.3 is 86.6 Å². The van der Waals surface area contributed by atoms with Gasteiger partial charge in [0.05, 0.1) is 25.9 Å². The van der Waals surface area contributed by atoms with E-state index < -0.39 is 149 Å². The molecule has 1 fully saturated rings. The molecule has 1 aliphatic rings. The zero-order valence-electron chi connectivity index (χ0n) is 52.2. The SMILES string of the molecule is CCCCCCCCCCCCCCCC(=O)O[C@@H](CO)[C@H](OC(=O)CCCCCCCCCCCCCCC)[C@@](C)(N)C(=O)N[C@H](CCC(=O)N(CC(C)O[C@H]1[C@H](O)[C@@H](CO)O[C@H](O)[C@@H]1NC(C)=O)[C@@H](C)C(=O)O)C(N)=O.NCCO[PH](=O)O. The zero-order chi connectivity index (χ0) is 64.2. The van der Waals surface area contributed by atoms with Gasteiger partial charge in [-0.05, 0) is 40.0 Å². The summed E-state index contributed by atoms with van der Waals surface area (Å²) in [4.78, 5) is 101. The van der Waals surface area contributed by atoms with Gasteiger partial charge in [0.25, 0.3) is 0 Å². The lowest BCUT2D eigenvalue weighted by Gasteiger charge is -2.43. The van der Waals surface area contributed by atoms with Crippen molar-refractivity contribution < 1.29 is 92.0 Å². The molecule has 498 valence electrons. The Morgan fingerprint density at radius 3 is 1.54 bits per heavy atom. The predicted octanol–water partition coefficient (Wildman–Crippen LogP) is 5.23. The van der Waals surface area contributed by atoms with Crippen LogP contribution in [-0.2, 0) is 61.6 Å². The summed E-state index contributed by atoms with van der Waals surface area (Å²) < 4.78 is 36.5. The molecule has 0 aromatic heterocycles. The van der Waals surface area contributed by atoms with Gasteiger partial charge in [0, 0.05) is 39.3 Å². The third-order valence-electron chi connectivity index (χ3n) is 15.0. The molecule has 1 aliphatic heterocycles. The van der Waals surface area contributed by atoms with E-state index in [0.717, 1.165) is 69.6 Å². The number of esters is 2. The van der Waals surface area contributed by atoms with Gasteiger partial charge in [0.2, 0.25) is 23.6 Å². The first-order chi connectivity index (χ1) is 40.4. The maximum absolute atomic E-state index is 14.2. The largest absolute Gasteiger partial charge is 0.480 e. The second-order valence-corrected chi connectivity index (χ2v) is 23.5. The number of nitrogens with two attached hydrogens (primary N) is 3. The van der Waals surface area contributed by atoms with E-state index in [1.807, 2.05) is 0 Å². The average molecular weight is 1240 g/mol. The number of nitrogens with zero attached hydrogens (tertiary/aromatic N) is 1. The first-order valence-electron chi connectivity index (χ1n) is 31.5. The number of hydrogen-bond donors (Lipinski definition) is 11. The fourth-order valence-electron chi connectivity index (χ4n) is 9.90. The maximum Gasteiger partial charge on any atom is 0.326 e. The van der Waals surface area contributed by atoms with Crippen LogP contribution in [0.5, 0.6) is 0 Å². The summed E-state index contributed by atoms with van der Waals surface area (Å²) in [5, 5.41) is 56.6. The van der Waals surface area contributed by atoms with Crippen molar-refractivity contribution in [1.29, 1.82) is 0 Å². The summed E-state index contributed by atoms with van der Waals surface area (Å²) in [7, 11) is -2.73. The normalized spacial score (nSPS) is 19.6. The van der Waals surface area contributed by atoms with E-state index in [2.05, 4.69) is 29.0 Å². The molecule has 1 saturated heterocycles. The quantitative estimate of drug-likeness (QED) is 0.0211. The number of ether oxygens (including phenoxy) is 4. The topological polar surface area (TPSA) is 409 Å². The van der Waals surface area contributed by atoms with Crippen molar-refractivity contribution in [3.63, 3.8) is 0 Å². The van der Waals surface area contributed by atoms with E-state index in [1.54, 1.807) is 0 Å². The number of aliphatic hydroxyl groups excluding tert-OH is 4. The van der Waals surface area contributed by atoms with Crippen molar-refractivity contribution in [2.75, 3.05) is 32.9 Å². The van der Waals surface area contributed by atoms with Gasteiger partial charge >= 0.3 is 26.2 Å². The summed E-state index contributed by atoms with van der Waals surface area (Å²) in [5.41, 5.74) is 15.0. The van der Waals surface area contributed by atoms with E-state index in [0.29, 0.717) is 12.8 Å². The molecule has 0 saturated carbocycles. The van der Waals surface area contributed by atoms with Gasteiger partial charge in [0.1, 0.15) is 42.0 Å². The van der Waals surface area contributed by atoms with Crippen molar-refractivity contribution in [2.24, 2.45) is 17.2 Å². The number of hydrogen-bond acceptors (Lipinski definition) is 19. The van der Waals surface area contributed by atoms with Gasteiger partial charge in [0.15, 0.2) is 18.5 Å². The van der Waals surface area contributed by atoms with Crippen molar-refractivity contribution in [3.05, 3.63) is 0 Å². The minimum atomic E-state index is -2.73. The summed E-state index contributed by atoms with van der Waals surface area (Å²) >= 11 is 0. The number of carbonyl (C=O) groups is 7. The van der Waals surface area contributed by atoms with Gasteiger partial charge in [-0.25, -0.2) is 4.79 Å². The molecule has 2 unspecified atom stereocenters. The molecule has 25 nitrogen and oxygen atoms in total. The molecule has 1 heterocycles. The molecule has 0 radical (unpaired) electrons. The number of carboxylic acid groups (broad SMARTS) is 1. The molecule has 85 heavy (non-hydrogen) atoms. The highest BCUT2D eigenvalue weighted by Crippen LogP contribution is 2.26. The molecule has 0 aromatic carbocycles. The average Bonchev–Trinajstić information content (AvgIpc) is 2.85. The van der Waals surface area contributed by atoms with Gasteiger partial charge in [-0.2, -0.15) is 0 Å². The Morgan fingerprint density at radius 1 is 0.718 bits per heavy atom. The van der Waals surface area contributed by atoms with Crippen LogP contribution < -0.4 is 27.8 Å². The Hall–Kier alpha value is -3.88. The van der Waals surface area contributed by atoms with Crippen molar-refractivity contribution in [3.8, 4) is 0 Å². The number of amides is 4. The highest BCUT2D eigenvalue weighted by Gasteiger charge is 2.49. The lowest BCUT2D eigenvalue weighted by Crippen LogP contribution is -2.66. The molecule has 0 bridgehead atoms.